The predicted molar refractivity (Wildman–Crippen MR) is 101 cm³/mol. The topological polar surface area (TPSA) is 102 Å². The number of carbonyl (C=O) groups excluding carboxylic acids is 2. The number of furan rings is 1. The van der Waals surface area contributed by atoms with Gasteiger partial charge in [-0.05, 0) is 36.4 Å². The molecule has 0 fully saturated rings. The first-order valence-electron chi connectivity index (χ1n) is 8.14. The van der Waals surface area contributed by atoms with Crippen LogP contribution < -0.4 is 10.9 Å². The molecule has 0 saturated carbocycles. The minimum absolute atomic E-state index is 0.00285. The van der Waals surface area contributed by atoms with Crippen molar-refractivity contribution in [3.05, 3.63) is 66.9 Å². The third kappa shape index (κ3) is 4.65. The van der Waals surface area contributed by atoms with Crippen LogP contribution in [0.3, 0.4) is 0 Å². The standard InChI is InChI=1S/C18H16FN5O3S/c1-2-9-24-16(12-5-7-13(19)8-6-12)21-23-18(24)28-11-15(25)20-22-17(26)14-4-3-10-27-14/h2-8,10H,1,9,11H2,(H,20,25)(H,22,26). The quantitative estimate of drug-likeness (QED) is 0.358. The molecule has 0 bridgehead atoms. The first-order valence-corrected chi connectivity index (χ1v) is 9.12. The van der Waals surface area contributed by atoms with Gasteiger partial charge in [-0.3, -0.25) is 25.0 Å². The fourth-order valence-corrected chi connectivity index (χ4v) is 3.01. The predicted octanol–water partition coefficient (Wildman–Crippen LogP) is 2.42. The van der Waals surface area contributed by atoms with E-state index in [0.29, 0.717) is 23.1 Å². The Balaban J connectivity index is 1.62. The Morgan fingerprint density at radius 2 is 2.00 bits per heavy atom. The van der Waals surface area contributed by atoms with Crippen molar-refractivity contribution in [2.45, 2.75) is 11.7 Å². The van der Waals surface area contributed by atoms with Crippen molar-refractivity contribution in [3.63, 3.8) is 0 Å². The number of hydrogen-bond donors (Lipinski definition) is 2. The van der Waals surface area contributed by atoms with Crippen LogP contribution >= 0.6 is 11.8 Å². The number of rotatable bonds is 7. The first kappa shape index (κ1) is 19.4. The van der Waals surface area contributed by atoms with Crippen molar-refractivity contribution in [2.75, 3.05) is 5.75 Å². The number of nitrogens with one attached hydrogen (secondary N) is 2. The summed E-state index contributed by atoms with van der Waals surface area (Å²) in [7, 11) is 0. The summed E-state index contributed by atoms with van der Waals surface area (Å²) in [6.45, 7) is 4.13. The van der Waals surface area contributed by atoms with Gasteiger partial charge in [-0.2, -0.15) is 0 Å². The molecule has 2 N–H and O–H groups in total. The molecule has 28 heavy (non-hydrogen) atoms. The maximum atomic E-state index is 13.1. The third-order valence-electron chi connectivity index (χ3n) is 3.52. The Hall–Kier alpha value is -3.40. The lowest BCUT2D eigenvalue weighted by atomic mass is 10.2. The smallest absolute Gasteiger partial charge is 0.305 e. The third-order valence-corrected chi connectivity index (χ3v) is 4.49. The van der Waals surface area contributed by atoms with Crippen LogP contribution in [0.1, 0.15) is 10.6 Å². The number of aromatic nitrogens is 3. The highest BCUT2D eigenvalue weighted by atomic mass is 32.2. The van der Waals surface area contributed by atoms with Crippen LogP contribution in [0, 0.1) is 5.82 Å². The van der Waals surface area contributed by atoms with Gasteiger partial charge in [0.25, 0.3) is 0 Å². The minimum atomic E-state index is -0.559. The zero-order valence-corrected chi connectivity index (χ0v) is 15.4. The zero-order valence-electron chi connectivity index (χ0n) is 14.6. The zero-order chi connectivity index (χ0) is 19.9. The van der Waals surface area contributed by atoms with Gasteiger partial charge in [-0.25, -0.2) is 4.39 Å². The number of halogens is 1. The number of hydrazine groups is 1. The second kappa shape index (κ2) is 9.00. The molecule has 10 heteroatoms. The van der Waals surface area contributed by atoms with E-state index >= 15 is 0 Å². The molecule has 144 valence electrons. The molecule has 0 aliphatic heterocycles. The summed E-state index contributed by atoms with van der Waals surface area (Å²) < 4.78 is 19.8. The summed E-state index contributed by atoms with van der Waals surface area (Å²) in [5.74, 6) is -0.715. The van der Waals surface area contributed by atoms with E-state index in [2.05, 4.69) is 27.6 Å². The molecule has 8 nitrogen and oxygen atoms in total. The molecule has 0 atom stereocenters. The van der Waals surface area contributed by atoms with Crippen molar-refractivity contribution in [1.82, 2.24) is 25.6 Å². The van der Waals surface area contributed by atoms with Crippen LogP contribution in [0.5, 0.6) is 0 Å². The second-order valence-corrected chi connectivity index (χ2v) is 6.42. The molecule has 0 radical (unpaired) electrons. The van der Waals surface area contributed by atoms with Gasteiger partial charge in [0.1, 0.15) is 5.82 Å². The maximum Gasteiger partial charge on any atom is 0.305 e. The van der Waals surface area contributed by atoms with E-state index in [9.17, 15) is 14.0 Å². The monoisotopic (exact) mass is 401 g/mol. The Labute approximate surface area is 163 Å². The number of benzene rings is 1. The molecule has 2 heterocycles. The number of nitrogens with zero attached hydrogens (tertiary/aromatic N) is 3. The lowest BCUT2D eigenvalue weighted by Crippen LogP contribution is -2.42. The average Bonchev–Trinajstić information content (AvgIpc) is 3.36. The Bertz CT molecular complexity index is 970. The molecule has 0 spiro atoms. The van der Waals surface area contributed by atoms with Crippen molar-refractivity contribution >= 4 is 23.6 Å². The molecule has 3 rings (SSSR count). The van der Waals surface area contributed by atoms with Crippen molar-refractivity contribution in [3.8, 4) is 11.4 Å². The van der Waals surface area contributed by atoms with E-state index in [0.717, 1.165) is 11.8 Å². The van der Waals surface area contributed by atoms with Gasteiger partial charge in [0.05, 0.1) is 12.0 Å². The fraction of sp³-hybridized carbons (Fsp3) is 0.111. The highest BCUT2D eigenvalue weighted by molar-refractivity contribution is 7.99. The van der Waals surface area contributed by atoms with Crippen LogP contribution in [0.25, 0.3) is 11.4 Å². The van der Waals surface area contributed by atoms with Crippen molar-refractivity contribution in [1.29, 1.82) is 0 Å². The van der Waals surface area contributed by atoms with Gasteiger partial charge in [0.15, 0.2) is 16.7 Å². The van der Waals surface area contributed by atoms with E-state index < -0.39 is 11.8 Å². The summed E-state index contributed by atoms with van der Waals surface area (Å²) in [4.78, 5) is 23.7. The largest absolute Gasteiger partial charge is 0.459 e. The van der Waals surface area contributed by atoms with Gasteiger partial charge >= 0.3 is 5.91 Å². The van der Waals surface area contributed by atoms with Gasteiger partial charge < -0.3 is 4.42 Å². The number of hydrogen-bond acceptors (Lipinski definition) is 6. The summed E-state index contributed by atoms with van der Waals surface area (Å²) in [5.41, 5.74) is 5.25. The number of allylic oxidation sites excluding steroid dienone is 1. The summed E-state index contributed by atoms with van der Waals surface area (Å²) >= 11 is 1.14. The van der Waals surface area contributed by atoms with E-state index in [-0.39, 0.29) is 17.3 Å². The second-order valence-electron chi connectivity index (χ2n) is 5.48. The Kier molecular flexibility index (Phi) is 6.22. The van der Waals surface area contributed by atoms with Crippen LogP contribution in [-0.4, -0.2) is 32.3 Å². The highest BCUT2D eigenvalue weighted by Gasteiger charge is 2.16. The molecule has 0 aliphatic carbocycles. The van der Waals surface area contributed by atoms with Gasteiger partial charge in [0.2, 0.25) is 5.91 Å². The van der Waals surface area contributed by atoms with E-state index in [1.54, 1.807) is 28.8 Å². The summed E-state index contributed by atoms with van der Waals surface area (Å²) in [5, 5.41) is 8.71. The van der Waals surface area contributed by atoms with Crippen molar-refractivity contribution < 1.29 is 18.4 Å². The van der Waals surface area contributed by atoms with Gasteiger partial charge in [0, 0.05) is 12.1 Å². The van der Waals surface area contributed by atoms with Crippen LogP contribution in [0.2, 0.25) is 0 Å². The molecule has 0 saturated heterocycles. The Morgan fingerprint density at radius 3 is 2.68 bits per heavy atom. The van der Waals surface area contributed by atoms with Crippen LogP contribution in [-0.2, 0) is 11.3 Å². The average molecular weight is 401 g/mol. The summed E-state index contributed by atoms with van der Waals surface area (Å²) in [6.07, 6.45) is 3.03. The van der Waals surface area contributed by atoms with Crippen LogP contribution in [0.15, 0.2) is 64.9 Å². The number of amides is 2. The lowest BCUT2D eigenvalue weighted by Gasteiger charge is -2.08. The first-order chi connectivity index (χ1) is 13.6. The fourth-order valence-electron chi connectivity index (χ4n) is 2.26. The molecule has 3 aromatic rings. The highest BCUT2D eigenvalue weighted by Crippen LogP contribution is 2.24. The molecule has 1 aromatic carbocycles. The molecule has 0 unspecified atom stereocenters. The maximum absolute atomic E-state index is 13.1. The number of thioether (sulfide) groups is 1. The molecular formula is C18H16FN5O3S. The lowest BCUT2D eigenvalue weighted by molar-refractivity contribution is -0.119. The normalized spacial score (nSPS) is 10.5. The van der Waals surface area contributed by atoms with Gasteiger partial charge in [-0.1, -0.05) is 17.8 Å². The van der Waals surface area contributed by atoms with E-state index in [4.69, 9.17) is 4.42 Å². The van der Waals surface area contributed by atoms with E-state index in [1.165, 1.54) is 24.5 Å². The molecule has 2 aromatic heterocycles. The van der Waals surface area contributed by atoms with E-state index in [1.807, 2.05) is 0 Å². The molecule has 0 aliphatic rings. The SMILES string of the molecule is C=CCn1c(SCC(=O)NNC(=O)c2ccco2)nnc1-c1ccc(F)cc1. The Morgan fingerprint density at radius 1 is 1.21 bits per heavy atom. The van der Waals surface area contributed by atoms with Crippen molar-refractivity contribution in [2.24, 2.45) is 0 Å². The molecule has 2 amide bonds. The van der Waals surface area contributed by atoms with Crippen LogP contribution in [0.4, 0.5) is 4.39 Å². The summed E-state index contributed by atoms with van der Waals surface area (Å²) in [6, 6.07) is 8.92. The minimum Gasteiger partial charge on any atom is -0.459 e. The molecular weight excluding hydrogens is 385 g/mol. The van der Waals surface area contributed by atoms with Gasteiger partial charge in [-0.15, -0.1) is 16.8 Å². The number of carbonyl (C=O) groups is 2.